The molecule has 0 unspecified atom stereocenters. The first-order valence-corrected chi connectivity index (χ1v) is 9.11. The van der Waals surface area contributed by atoms with E-state index >= 15 is 0 Å². The standard InChI is InChI=1S/C17H13N3OS2/c1-22-11-4-2-10(3-5-11)18-8-12-15-13(20-17(12)21)6-7-14-16(15)23-9-19-14/h2-9,20-21H,1H3. The third kappa shape index (κ3) is 2.50. The van der Waals surface area contributed by atoms with Crippen LogP contribution in [0.2, 0.25) is 0 Å². The van der Waals surface area contributed by atoms with E-state index in [9.17, 15) is 5.11 Å². The van der Waals surface area contributed by atoms with E-state index < -0.39 is 0 Å². The van der Waals surface area contributed by atoms with Gasteiger partial charge < -0.3 is 10.1 Å². The van der Waals surface area contributed by atoms with Crippen molar-refractivity contribution in [3.05, 3.63) is 47.5 Å². The molecule has 4 rings (SSSR count). The van der Waals surface area contributed by atoms with Gasteiger partial charge >= 0.3 is 0 Å². The second-order valence-corrected chi connectivity index (χ2v) is 6.77. The zero-order valence-electron chi connectivity index (χ0n) is 12.3. The second-order valence-electron chi connectivity index (χ2n) is 5.03. The molecule has 2 aromatic carbocycles. The van der Waals surface area contributed by atoms with E-state index in [2.05, 4.69) is 15.0 Å². The van der Waals surface area contributed by atoms with Gasteiger partial charge in [-0.05, 0) is 42.7 Å². The highest BCUT2D eigenvalue weighted by molar-refractivity contribution is 7.98. The van der Waals surface area contributed by atoms with Crippen molar-refractivity contribution in [2.45, 2.75) is 4.90 Å². The number of nitrogens with one attached hydrogen (secondary N) is 1. The predicted molar refractivity (Wildman–Crippen MR) is 98.6 cm³/mol. The number of nitrogens with zero attached hydrogens (tertiary/aromatic N) is 2. The van der Waals surface area contributed by atoms with Crippen molar-refractivity contribution < 1.29 is 5.11 Å². The molecule has 2 heterocycles. The fraction of sp³-hybridized carbons (Fsp3) is 0.0588. The van der Waals surface area contributed by atoms with E-state index in [0.29, 0.717) is 5.56 Å². The van der Waals surface area contributed by atoms with Crippen molar-refractivity contribution in [1.82, 2.24) is 9.97 Å². The Hall–Kier alpha value is -2.31. The summed E-state index contributed by atoms with van der Waals surface area (Å²) in [5, 5.41) is 11.2. The SMILES string of the molecule is CSc1ccc(N=Cc2c(O)[nH]c3ccc4ncsc4c23)cc1. The number of H-pyrrole nitrogens is 1. The minimum Gasteiger partial charge on any atom is -0.494 e. The molecule has 0 spiro atoms. The van der Waals surface area contributed by atoms with E-state index in [1.54, 1.807) is 29.3 Å². The molecule has 0 aliphatic rings. The number of fused-ring (bicyclic) bond motifs is 3. The maximum Gasteiger partial charge on any atom is 0.198 e. The highest BCUT2D eigenvalue weighted by atomic mass is 32.2. The molecule has 0 atom stereocenters. The van der Waals surface area contributed by atoms with E-state index in [1.165, 1.54) is 4.90 Å². The average molecular weight is 339 g/mol. The predicted octanol–water partition coefficient (Wildman–Crippen LogP) is 4.96. The summed E-state index contributed by atoms with van der Waals surface area (Å²) in [5.41, 5.74) is 5.19. The molecule has 2 N–H and O–H groups in total. The number of thioether (sulfide) groups is 1. The molecule has 0 saturated heterocycles. The Morgan fingerprint density at radius 3 is 2.83 bits per heavy atom. The summed E-state index contributed by atoms with van der Waals surface area (Å²) >= 11 is 3.26. The molecule has 0 aliphatic carbocycles. The van der Waals surface area contributed by atoms with Crippen LogP contribution in [0.1, 0.15) is 5.56 Å². The highest BCUT2D eigenvalue weighted by Gasteiger charge is 2.13. The van der Waals surface area contributed by atoms with E-state index in [-0.39, 0.29) is 5.88 Å². The average Bonchev–Trinajstić information content (AvgIpc) is 3.16. The molecule has 4 aromatic rings. The first kappa shape index (κ1) is 14.3. The van der Waals surface area contributed by atoms with Crippen molar-refractivity contribution in [2.24, 2.45) is 4.99 Å². The third-order valence-corrected chi connectivity index (χ3v) is 5.30. The normalized spacial score (nSPS) is 11.9. The minimum atomic E-state index is 0.130. The quantitative estimate of drug-likeness (QED) is 0.410. The topological polar surface area (TPSA) is 61.3 Å². The molecular weight excluding hydrogens is 326 g/mol. The summed E-state index contributed by atoms with van der Waals surface area (Å²) in [6.07, 6.45) is 3.75. The number of hydrogen-bond acceptors (Lipinski definition) is 5. The molecule has 0 saturated carbocycles. The molecule has 23 heavy (non-hydrogen) atoms. The van der Waals surface area contributed by atoms with Gasteiger partial charge in [-0.3, -0.25) is 4.99 Å². The smallest absolute Gasteiger partial charge is 0.198 e. The maximum absolute atomic E-state index is 10.2. The monoisotopic (exact) mass is 339 g/mol. The van der Waals surface area contributed by atoms with Gasteiger partial charge in [0.2, 0.25) is 0 Å². The Morgan fingerprint density at radius 1 is 1.22 bits per heavy atom. The van der Waals surface area contributed by atoms with Crippen molar-refractivity contribution in [3.8, 4) is 5.88 Å². The number of rotatable bonds is 3. The van der Waals surface area contributed by atoms with Crippen LogP contribution < -0.4 is 0 Å². The van der Waals surface area contributed by atoms with Crippen molar-refractivity contribution in [1.29, 1.82) is 0 Å². The van der Waals surface area contributed by atoms with Gasteiger partial charge in [0.05, 0.1) is 32.5 Å². The Labute approximate surface area is 140 Å². The van der Waals surface area contributed by atoms with Crippen LogP contribution in [0, 0.1) is 0 Å². The summed E-state index contributed by atoms with van der Waals surface area (Å²) < 4.78 is 1.05. The highest BCUT2D eigenvalue weighted by Crippen LogP contribution is 2.34. The lowest BCUT2D eigenvalue weighted by Gasteiger charge is -1.97. The van der Waals surface area contributed by atoms with Crippen molar-refractivity contribution >= 4 is 56.1 Å². The van der Waals surface area contributed by atoms with E-state index in [4.69, 9.17) is 0 Å². The van der Waals surface area contributed by atoms with Crippen LogP contribution in [0.3, 0.4) is 0 Å². The zero-order chi connectivity index (χ0) is 15.8. The molecule has 0 radical (unpaired) electrons. The number of benzene rings is 2. The van der Waals surface area contributed by atoms with Crippen molar-refractivity contribution in [3.63, 3.8) is 0 Å². The molecule has 6 heteroatoms. The molecule has 4 nitrogen and oxygen atoms in total. The number of aromatic amines is 1. The molecule has 0 bridgehead atoms. The van der Waals surface area contributed by atoms with Gasteiger partial charge in [-0.1, -0.05) is 0 Å². The van der Waals surface area contributed by atoms with Gasteiger partial charge in [0, 0.05) is 16.5 Å². The first-order valence-electron chi connectivity index (χ1n) is 7.01. The number of aromatic nitrogens is 2. The summed E-state index contributed by atoms with van der Waals surface area (Å²) in [6, 6.07) is 11.9. The van der Waals surface area contributed by atoms with Gasteiger partial charge in [-0.25, -0.2) is 4.98 Å². The molecule has 0 amide bonds. The van der Waals surface area contributed by atoms with Crippen LogP contribution in [0.5, 0.6) is 5.88 Å². The van der Waals surface area contributed by atoms with Gasteiger partial charge in [0.15, 0.2) is 5.88 Å². The lowest BCUT2D eigenvalue weighted by atomic mass is 10.1. The third-order valence-electron chi connectivity index (χ3n) is 3.69. The van der Waals surface area contributed by atoms with Gasteiger partial charge in [0.25, 0.3) is 0 Å². The lowest BCUT2D eigenvalue weighted by Crippen LogP contribution is -1.80. The van der Waals surface area contributed by atoms with Crippen LogP contribution in [0.15, 0.2) is 51.8 Å². The molecule has 2 aromatic heterocycles. The number of aliphatic imine (C=N–C) groups is 1. The summed E-state index contributed by atoms with van der Waals surface area (Å²) in [6.45, 7) is 0. The van der Waals surface area contributed by atoms with Crippen molar-refractivity contribution in [2.75, 3.05) is 6.26 Å². The fourth-order valence-corrected chi connectivity index (χ4v) is 3.81. The Morgan fingerprint density at radius 2 is 2.04 bits per heavy atom. The molecule has 0 aliphatic heterocycles. The minimum absolute atomic E-state index is 0.130. The summed E-state index contributed by atoms with van der Waals surface area (Å²) in [7, 11) is 0. The first-order chi connectivity index (χ1) is 11.3. The zero-order valence-corrected chi connectivity index (χ0v) is 13.9. The second kappa shape index (κ2) is 5.72. The van der Waals surface area contributed by atoms with Gasteiger partial charge in [-0.2, -0.15) is 0 Å². The Kier molecular flexibility index (Phi) is 3.55. The molecule has 114 valence electrons. The van der Waals surface area contributed by atoms with Crippen LogP contribution in [-0.2, 0) is 0 Å². The van der Waals surface area contributed by atoms with E-state index in [1.807, 2.05) is 48.2 Å². The largest absolute Gasteiger partial charge is 0.494 e. The number of thiazole rings is 1. The number of hydrogen-bond donors (Lipinski definition) is 2. The van der Waals surface area contributed by atoms with Gasteiger partial charge in [0.1, 0.15) is 0 Å². The van der Waals surface area contributed by atoms with Crippen LogP contribution >= 0.6 is 23.1 Å². The van der Waals surface area contributed by atoms with Crippen LogP contribution in [0.25, 0.3) is 21.1 Å². The van der Waals surface area contributed by atoms with Gasteiger partial charge in [-0.15, -0.1) is 23.1 Å². The van der Waals surface area contributed by atoms with Crippen LogP contribution in [0.4, 0.5) is 5.69 Å². The molecule has 0 fully saturated rings. The maximum atomic E-state index is 10.2. The molecular formula is C17H13N3OS2. The summed E-state index contributed by atoms with van der Waals surface area (Å²) in [4.78, 5) is 13.0. The number of aromatic hydroxyl groups is 1. The lowest BCUT2D eigenvalue weighted by molar-refractivity contribution is 0.457. The Bertz CT molecular complexity index is 1020. The Balaban J connectivity index is 1.82. The van der Waals surface area contributed by atoms with E-state index in [0.717, 1.165) is 26.8 Å². The summed E-state index contributed by atoms with van der Waals surface area (Å²) in [5.74, 6) is 0.130. The van der Waals surface area contributed by atoms with Crippen LogP contribution in [-0.4, -0.2) is 27.5 Å². The fourth-order valence-electron chi connectivity index (χ4n) is 2.55.